The van der Waals surface area contributed by atoms with Gasteiger partial charge in [0.15, 0.2) is 6.10 Å². The molecule has 0 saturated carbocycles. The molecule has 1 atom stereocenters. The van der Waals surface area contributed by atoms with Crippen molar-refractivity contribution in [2.45, 2.75) is 38.7 Å². The molecule has 0 aromatic carbocycles. The molecule has 1 amide bonds. The first kappa shape index (κ1) is 14.6. The molecule has 0 bridgehead atoms. The van der Waals surface area contributed by atoms with Gasteiger partial charge in [-0.25, -0.2) is 4.79 Å². The number of esters is 1. The van der Waals surface area contributed by atoms with Crippen LogP contribution in [0, 0.1) is 0 Å². The standard InChI is InChI=1S/C15H22N2O3/c1-12(14(18)17-10-5-3-4-6-11-17)20-15(19)13-8-7-9-16(13)2/h7-9,12H,3-6,10-11H2,1-2H3. The molecule has 0 radical (unpaired) electrons. The number of likely N-dealkylation sites (tertiary alicyclic amines) is 1. The lowest BCUT2D eigenvalue weighted by atomic mass is 10.2. The second-order valence-electron chi connectivity index (χ2n) is 5.29. The molecule has 5 nitrogen and oxygen atoms in total. The van der Waals surface area contributed by atoms with Gasteiger partial charge in [0.25, 0.3) is 5.91 Å². The fraction of sp³-hybridized carbons (Fsp3) is 0.600. The Morgan fingerprint density at radius 3 is 2.40 bits per heavy atom. The minimum Gasteiger partial charge on any atom is -0.448 e. The van der Waals surface area contributed by atoms with Crippen molar-refractivity contribution in [1.29, 1.82) is 0 Å². The van der Waals surface area contributed by atoms with Crippen LogP contribution in [-0.4, -0.2) is 40.5 Å². The summed E-state index contributed by atoms with van der Waals surface area (Å²) in [4.78, 5) is 26.1. The second-order valence-corrected chi connectivity index (χ2v) is 5.29. The number of carbonyl (C=O) groups excluding carboxylic acids is 2. The van der Waals surface area contributed by atoms with Crippen LogP contribution >= 0.6 is 0 Å². The monoisotopic (exact) mass is 278 g/mol. The van der Waals surface area contributed by atoms with Crippen LogP contribution in [0.1, 0.15) is 43.1 Å². The molecule has 1 aliphatic heterocycles. The number of carbonyl (C=O) groups is 2. The molecule has 1 aliphatic rings. The van der Waals surface area contributed by atoms with E-state index in [0.29, 0.717) is 5.69 Å². The maximum Gasteiger partial charge on any atom is 0.355 e. The van der Waals surface area contributed by atoms with Crippen LogP contribution < -0.4 is 0 Å². The number of hydrogen-bond donors (Lipinski definition) is 0. The lowest BCUT2D eigenvalue weighted by Crippen LogP contribution is -2.40. The van der Waals surface area contributed by atoms with E-state index in [1.54, 1.807) is 36.9 Å². The van der Waals surface area contributed by atoms with E-state index < -0.39 is 12.1 Å². The maximum absolute atomic E-state index is 12.3. The van der Waals surface area contributed by atoms with Crippen molar-refractivity contribution in [3.63, 3.8) is 0 Å². The van der Waals surface area contributed by atoms with E-state index >= 15 is 0 Å². The number of aryl methyl sites for hydroxylation is 1. The molecule has 1 fully saturated rings. The van der Waals surface area contributed by atoms with Crippen molar-refractivity contribution in [2.24, 2.45) is 7.05 Å². The summed E-state index contributed by atoms with van der Waals surface area (Å²) in [7, 11) is 1.78. The average Bonchev–Trinajstić information content (AvgIpc) is 2.69. The van der Waals surface area contributed by atoms with Crippen LogP contribution in [0.25, 0.3) is 0 Å². The van der Waals surface area contributed by atoms with Crippen LogP contribution in [0.5, 0.6) is 0 Å². The van der Waals surface area contributed by atoms with E-state index in [0.717, 1.165) is 25.9 Å². The Kier molecular flexibility index (Phi) is 4.82. The molecule has 110 valence electrons. The molecule has 1 aromatic heterocycles. The Bertz CT molecular complexity index is 473. The van der Waals surface area contributed by atoms with Gasteiger partial charge in [0, 0.05) is 26.3 Å². The van der Waals surface area contributed by atoms with Crippen LogP contribution in [0.3, 0.4) is 0 Å². The molecule has 0 aliphatic carbocycles. The zero-order valence-electron chi connectivity index (χ0n) is 12.2. The number of rotatable bonds is 3. The van der Waals surface area contributed by atoms with E-state index in [2.05, 4.69) is 0 Å². The van der Waals surface area contributed by atoms with Crippen LogP contribution in [0.4, 0.5) is 0 Å². The minimum absolute atomic E-state index is 0.0885. The zero-order chi connectivity index (χ0) is 14.5. The van der Waals surface area contributed by atoms with Crippen molar-refractivity contribution in [3.05, 3.63) is 24.0 Å². The summed E-state index contributed by atoms with van der Waals surface area (Å²) in [5.41, 5.74) is 0.459. The van der Waals surface area contributed by atoms with E-state index in [-0.39, 0.29) is 5.91 Å². The van der Waals surface area contributed by atoms with Gasteiger partial charge >= 0.3 is 5.97 Å². The number of aromatic nitrogens is 1. The minimum atomic E-state index is -0.726. The third-order valence-electron chi connectivity index (χ3n) is 3.70. The van der Waals surface area contributed by atoms with Crippen molar-refractivity contribution in [1.82, 2.24) is 9.47 Å². The molecule has 2 rings (SSSR count). The SMILES string of the molecule is CC(OC(=O)c1cccn1C)C(=O)N1CCCCCC1. The third-order valence-corrected chi connectivity index (χ3v) is 3.70. The number of amides is 1. The Balaban J connectivity index is 1.93. The fourth-order valence-electron chi connectivity index (χ4n) is 2.49. The van der Waals surface area contributed by atoms with Crippen molar-refractivity contribution in [3.8, 4) is 0 Å². The molecule has 1 aromatic rings. The van der Waals surface area contributed by atoms with Crippen LogP contribution in [-0.2, 0) is 16.6 Å². The van der Waals surface area contributed by atoms with E-state index in [4.69, 9.17) is 4.74 Å². The summed E-state index contributed by atoms with van der Waals surface area (Å²) in [6, 6.07) is 3.46. The van der Waals surface area contributed by atoms with Gasteiger partial charge in [0.1, 0.15) is 5.69 Å². The van der Waals surface area contributed by atoms with E-state index in [9.17, 15) is 9.59 Å². The van der Waals surface area contributed by atoms with Gasteiger partial charge in [-0.05, 0) is 31.9 Å². The number of ether oxygens (including phenoxy) is 1. The molecular formula is C15H22N2O3. The Morgan fingerprint density at radius 2 is 1.85 bits per heavy atom. The average molecular weight is 278 g/mol. The van der Waals surface area contributed by atoms with Gasteiger partial charge < -0.3 is 14.2 Å². The van der Waals surface area contributed by atoms with Gasteiger partial charge in [-0.1, -0.05) is 12.8 Å². The molecule has 1 unspecified atom stereocenters. The maximum atomic E-state index is 12.3. The Morgan fingerprint density at radius 1 is 1.20 bits per heavy atom. The lowest BCUT2D eigenvalue weighted by molar-refractivity contribution is -0.139. The third kappa shape index (κ3) is 3.40. The summed E-state index contributed by atoms with van der Waals surface area (Å²) >= 11 is 0. The largest absolute Gasteiger partial charge is 0.448 e. The highest BCUT2D eigenvalue weighted by Gasteiger charge is 2.25. The molecule has 0 spiro atoms. The Labute approximate surface area is 119 Å². The van der Waals surface area contributed by atoms with Gasteiger partial charge in [-0.15, -0.1) is 0 Å². The smallest absolute Gasteiger partial charge is 0.355 e. The van der Waals surface area contributed by atoms with E-state index in [1.807, 2.05) is 4.90 Å². The van der Waals surface area contributed by atoms with Crippen LogP contribution in [0.15, 0.2) is 18.3 Å². The predicted octanol–water partition coefficient (Wildman–Crippen LogP) is 1.97. The quantitative estimate of drug-likeness (QED) is 0.794. The van der Waals surface area contributed by atoms with Gasteiger partial charge in [0.05, 0.1) is 0 Å². The van der Waals surface area contributed by atoms with Crippen molar-refractivity contribution < 1.29 is 14.3 Å². The van der Waals surface area contributed by atoms with Crippen LogP contribution in [0.2, 0.25) is 0 Å². The summed E-state index contributed by atoms with van der Waals surface area (Å²) < 4.78 is 6.97. The lowest BCUT2D eigenvalue weighted by Gasteiger charge is -2.24. The van der Waals surface area contributed by atoms with Gasteiger partial charge in [0.2, 0.25) is 0 Å². The highest BCUT2D eigenvalue weighted by Crippen LogP contribution is 2.12. The molecule has 2 heterocycles. The summed E-state index contributed by atoms with van der Waals surface area (Å²) in [6.07, 6.45) is 5.45. The highest BCUT2D eigenvalue weighted by molar-refractivity contribution is 5.91. The first-order chi connectivity index (χ1) is 9.59. The number of nitrogens with zero attached hydrogens (tertiary/aromatic N) is 2. The molecule has 5 heteroatoms. The summed E-state index contributed by atoms with van der Waals surface area (Å²) in [6.45, 7) is 3.18. The Hall–Kier alpha value is -1.78. The van der Waals surface area contributed by atoms with Crippen molar-refractivity contribution in [2.75, 3.05) is 13.1 Å². The molecule has 0 N–H and O–H groups in total. The molecule has 1 saturated heterocycles. The zero-order valence-corrected chi connectivity index (χ0v) is 12.2. The normalized spacial score (nSPS) is 17.4. The first-order valence-corrected chi connectivity index (χ1v) is 7.20. The van der Waals surface area contributed by atoms with Gasteiger partial charge in [-0.3, -0.25) is 4.79 Å². The summed E-state index contributed by atoms with van der Waals surface area (Å²) in [5.74, 6) is -0.539. The second kappa shape index (κ2) is 6.59. The number of hydrogen-bond acceptors (Lipinski definition) is 3. The fourth-order valence-corrected chi connectivity index (χ4v) is 2.49. The summed E-state index contributed by atoms with van der Waals surface area (Å²) in [5, 5.41) is 0. The topological polar surface area (TPSA) is 51.5 Å². The predicted molar refractivity (Wildman–Crippen MR) is 75.3 cm³/mol. The van der Waals surface area contributed by atoms with E-state index in [1.165, 1.54) is 12.8 Å². The first-order valence-electron chi connectivity index (χ1n) is 7.20. The highest BCUT2D eigenvalue weighted by atomic mass is 16.5. The van der Waals surface area contributed by atoms with Crippen molar-refractivity contribution >= 4 is 11.9 Å². The van der Waals surface area contributed by atoms with Gasteiger partial charge in [-0.2, -0.15) is 0 Å². The molecular weight excluding hydrogens is 256 g/mol. The molecule has 20 heavy (non-hydrogen) atoms.